The number of nitrogens with zero attached hydrogens (tertiary/aromatic N) is 2. The Morgan fingerprint density at radius 2 is 2.19 bits per heavy atom. The lowest BCUT2D eigenvalue weighted by Crippen LogP contribution is -2.13. The molecule has 4 nitrogen and oxygen atoms in total. The van der Waals surface area contributed by atoms with E-state index in [1.165, 1.54) is 43.4 Å². The van der Waals surface area contributed by atoms with Crippen molar-refractivity contribution in [3.63, 3.8) is 0 Å². The number of rotatable bonds is 5. The van der Waals surface area contributed by atoms with Crippen molar-refractivity contribution in [1.82, 2.24) is 9.78 Å². The summed E-state index contributed by atoms with van der Waals surface area (Å²) in [6, 6.07) is 4.46. The molecule has 114 valence electrons. The highest BCUT2D eigenvalue weighted by Gasteiger charge is 2.19. The molecule has 5 heteroatoms. The van der Waals surface area contributed by atoms with Crippen LogP contribution in [0.2, 0.25) is 0 Å². The van der Waals surface area contributed by atoms with Gasteiger partial charge < -0.3 is 9.84 Å². The van der Waals surface area contributed by atoms with Crippen LogP contribution in [0.15, 0.2) is 23.7 Å². The molecule has 2 aromatic rings. The van der Waals surface area contributed by atoms with Gasteiger partial charge in [0.2, 0.25) is 0 Å². The van der Waals surface area contributed by atoms with Crippen LogP contribution in [0.3, 0.4) is 0 Å². The van der Waals surface area contributed by atoms with Crippen molar-refractivity contribution in [1.29, 1.82) is 0 Å². The molecule has 3 rings (SSSR count). The number of aliphatic hydroxyl groups is 1. The average molecular weight is 306 g/mol. The molecule has 1 N–H and O–H groups in total. The zero-order valence-corrected chi connectivity index (χ0v) is 13.2. The number of thiophene rings is 1. The van der Waals surface area contributed by atoms with Crippen molar-refractivity contribution in [2.45, 2.75) is 50.7 Å². The van der Waals surface area contributed by atoms with E-state index in [1.54, 1.807) is 7.11 Å². The molecule has 1 fully saturated rings. The Labute approximate surface area is 129 Å². The van der Waals surface area contributed by atoms with Crippen molar-refractivity contribution >= 4 is 11.3 Å². The summed E-state index contributed by atoms with van der Waals surface area (Å²) < 4.78 is 7.36. The maximum Gasteiger partial charge on any atom is 0.135 e. The molecular weight excluding hydrogens is 284 g/mol. The Hall–Kier alpha value is -1.33. The molecule has 1 saturated carbocycles. The van der Waals surface area contributed by atoms with Gasteiger partial charge in [-0.2, -0.15) is 5.10 Å². The summed E-state index contributed by atoms with van der Waals surface area (Å²) in [6.07, 6.45) is 8.45. The standard InChI is InChI=1S/C16H22N2O2S/c1-20-15-8-10-21-16(15)14(19)11-12-7-9-18(17-12)13-5-3-2-4-6-13/h7-10,13-14,19H,2-6,11H2,1H3. The Morgan fingerprint density at radius 1 is 1.38 bits per heavy atom. The first-order valence-corrected chi connectivity index (χ1v) is 8.49. The topological polar surface area (TPSA) is 47.3 Å². The first-order valence-electron chi connectivity index (χ1n) is 7.61. The highest BCUT2D eigenvalue weighted by Crippen LogP contribution is 2.33. The molecular formula is C16H22N2O2S. The highest BCUT2D eigenvalue weighted by atomic mass is 32.1. The third-order valence-electron chi connectivity index (χ3n) is 4.19. The first-order chi connectivity index (χ1) is 10.3. The molecule has 2 heterocycles. The van der Waals surface area contributed by atoms with Crippen molar-refractivity contribution in [3.05, 3.63) is 34.3 Å². The van der Waals surface area contributed by atoms with Gasteiger partial charge in [0.05, 0.1) is 29.8 Å². The third-order valence-corrected chi connectivity index (χ3v) is 5.19. The minimum atomic E-state index is -0.547. The zero-order chi connectivity index (χ0) is 14.7. The van der Waals surface area contributed by atoms with Crippen LogP contribution in [0, 0.1) is 0 Å². The van der Waals surface area contributed by atoms with Crippen LogP contribution in [-0.4, -0.2) is 22.0 Å². The molecule has 0 spiro atoms. The van der Waals surface area contributed by atoms with Crippen LogP contribution >= 0.6 is 11.3 Å². The molecule has 1 unspecified atom stereocenters. The van der Waals surface area contributed by atoms with Gasteiger partial charge in [0.1, 0.15) is 5.75 Å². The first kappa shape index (κ1) is 14.6. The van der Waals surface area contributed by atoms with E-state index in [-0.39, 0.29) is 0 Å². The fourth-order valence-corrected chi connectivity index (χ4v) is 3.89. The number of aliphatic hydroxyl groups excluding tert-OH is 1. The van der Waals surface area contributed by atoms with E-state index in [2.05, 4.69) is 16.0 Å². The lowest BCUT2D eigenvalue weighted by atomic mass is 9.96. The van der Waals surface area contributed by atoms with Gasteiger partial charge in [0.25, 0.3) is 0 Å². The molecule has 1 aliphatic rings. The molecule has 2 aromatic heterocycles. The normalized spacial score (nSPS) is 17.8. The summed E-state index contributed by atoms with van der Waals surface area (Å²) in [5.74, 6) is 0.763. The quantitative estimate of drug-likeness (QED) is 0.915. The molecule has 1 atom stereocenters. The Balaban J connectivity index is 1.66. The summed E-state index contributed by atoms with van der Waals surface area (Å²) in [7, 11) is 1.63. The maximum atomic E-state index is 10.4. The van der Waals surface area contributed by atoms with Crippen LogP contribution in [-0.2, 0) is 6.42 Å². The summed E-state index contributed by atoms with van der Waals surface area (Å²) in [6.45, 7) is 0. The van der Waals surface area contributed by atoms with Gasteiger partial charge >= 0.3 is 0 Å². The predicted molar refractivity (Wildman–Crippen MR) is 83.9 cm³/mol. The molecule has 0 bridgehead atoms. The summed E-state index contributed by atoms with van der Waals surface area (Å²) in [4.78, 5) is 0.879. The van der Waals surface area contributed by atoms with Gasteiger partial charge in [-0.3, -0.25) is 4.68 Å². The minimum absolute atomic E-state index is 0.538. The average Bonchev–Trinajstić information content (AvgIpc) is 3.16. The second-order valence-electron chi connectivity index (χ2n) is 5.65. The van der Waals surface area contributed by atoms with Gasteiger partial charge in [-0.05, 0) is 30.4 Å². The van der Waals surface area contributed by atoms with Crippen LogP contribution in [0.5, 0.6) is 5.75 Å². The number of hydrogen-bond acceptors (Lipinski definition) is 4. The molecule has 0 aromatic carbocycles. The monoisotopic (exact) mass is 306 g/mol. The van der Waals surface area contributed by atoms with Crippen molar-refractivity contribution < 1.29 is 9.84 Å². The number of methoxy groups -OCH3 is 1. The summed E-state index contributed by atoms with van der Waals surface area (Å²) in [5, 5.41) is 17.0. The lowest BCUT2D eigenvalue weighted by molar-refractivity contribution is 0.176. The Bertz CT molecular complexity index is 572. The van der Waals surface area contributed by atoms with Gasteiger partial charge in [0, 0.05) is 12.6 Å². The number of aromatic nitrogens is 2. The van der Waals surface area contributed by atoms with E-state index >= 15 is 0 Å². The Morgan fingerprint density at radius 3 is 2.95 bits per heavy atom. The smallest absolute Gasteiger partial charge is 0.135 e. The summed E-state index contributed by atoms with van der Waals surface area (Å²) >= 11 is 1.53. The van der Waals surface area contributed by atoms with Crippen LogP contribution in [0.25, 0.3) is 0 Å². The van der Waals surface area contributed by atoms with Gasteiger partial charge in [-0.1, -0.05) is 19.3 Å². The molecule has 0 amide bonds. The molecule has 1 aliphatic carbocycles. The van der Waals surface area contributed by atoms with Crippen LogP contribution in [0.4, 0.5) is 0 Å². The van der Waals surface area contributed by atoms with E-state index in [0.29, 0.717) is 12.5 Å². The van der Waals surface area contributed by atoms with Crippen LogP contribution in [0.1, 0.15) is 54.8 Å². The van der Waals surface area contributed by atoms with Crippen molar-refractivity contribution in [3.8, 4) is 5.75 Å². The minimum Gasteiger partial charge on any atom is -0.495 e. The molecule has 21 heavy (non-hydrogen) atoms. The van der Waals surface area contributed by atoms with E-state index in [1.807, 2.05) is 17.5 Å². The zero-order valence-electron chi connectivity index (χ0n) is 12.4. The van der Waals surface area contributed by atoms with Gasteiger partial charge in [-0.15, -0.1) is 11.3 Å². The Kier molecular flexibility index (Phi) is 4.60. The largest absolute Gasteiger partial charge is 0.495 e. The second kappa shape index (κ2) is 6.62. The van der Waals surface area contributed by atoms with E-state index in [9.17, 15) is 5.11 Å². The lowest BCUT2D eigenvalue weighted by Gasteiger charge is -2.21. The highest BCUT2D eigenvalue weighted by molar-refractivity contribution is 7.10. The van der Waals surface area contributed by atoms with Crippen LogP contribution < -0.4 is 4.74 Å². The van der Waals surface area contributed by atoms with E-state index in [0.717, 1.165) is 16.3 Å². The SMILES string of the molecule is COc1ccsc1C(O)Cc1ccn(C2CCCCC2)n1. The van der Waals surface area contributed by atoms with Gasteiger partial charge in [0.15, 0.2) is 0 Å². The molecule has 0 saturated heterocycles. The molecule has 0 radical (unpaired) electrons. The van der Waals surface area contributed by atoms with Gasteiger partial charge in [-0.25, -0.2) is 0 Å². The van der Waals surface area contributed by atoms with E-state index in [4.69, 9.17) is 4.74 Å². The fraction of sp³-hybridized carbons (Fsp3) is 0.562. The fourth-order valence-electron chi connectivity index (χ4n) is 3.05. The maximum absolute atomic E-state index is 10.4. The van der Waals surface area contributed by atoms with Crippen molar-refractivity contribution in [2.75, 3.05) is 7.11 Å². The van der Waals surface area contributed by atoms with Crippen molar-refractivity contribution in [2.24, 2.45) is 0 Å². The number of hydrogen-bond donors (Lipinski definition) is 1. The molecule has 0 aliphatic heterocycles. The predicted octanol–water partition coefficient (Wildman–Crippen LogP) is 3.73. The number of ether oxygens (including phenoxy) is 1. The third kappa shape index (κ3) is 3.30. The summed E-state index contributed by atoms with van der Waals surface area (Å²) in [5.41, 5.74) is 0.948. The van der Waals surface area contributed by atoms with E-state index < -0.39 is 6.10 Å². The second-order valence-corrected chi connectivity index (χ2v) is 6.60.